The number of fused-ring (bicyclic) bond motifs is 2. The predicted octanol–water partition coefficient (Wildman–Crippen LogP) is 1.44. The fraction of sp³-hybridized carbons (Fsp3) is 0. The number of nitro benzene ring substituents is 2. The summed E-state index contributed by atoms with van der Waals surface area (Å²) in [6.45, 7) is 0. The highest BCUT2D eigenvalue weighted by molar-refractivity contribution is 6.32. The summed E-state index contributed by atoms with van der Waals surface area (Å²) in [5.74, 6) is -1.50. The Hall–Kier alpha value is -3.82. The summed E-state index contributed by atoms with van der Waals surface area (Å²) < 4.78 is 0. The van der Waals surface area contributed by atoms with Gasteiger partial charge in [-0.1, -0.05) is 0 Å². The molecule has 0 unspecified atom stereocenters. The number of ketones is 2. The Balaban J connectivity index is 2.39. The van der Waals surface area contributed by atoms with Gasteiger partial charge in [-0.15, -0.1) is 0 Å². The number of nitro groups is 2. The minimum atomic E-state index is -0.992. The third kappa shape index (κ3) is 1.90. The largest absolute Gasteiger partial charge is 0.398 e. The summed E-state index contributed by atoms with van der Waals surface area (Å²) >= 11 is 0. The molecule has 0 saturated heterocycles. The number of anilines is 2. The SMILES string of the molecule is Nc1ccc(N)c2c1C(=O)c1cc([N+](=O)[O-])c([N+](=O)[O-])cc1C2=O. The maximum Gasteiger partial charge on any atom is 0.346 e. The van der Waals surface area contributed by atoms with Crippen LogP contribution in [0.3, 0.4) is 0 Å². The average Bonchev–Trinajstić information content (AvgIpc) is 2.53. The number of nitrogens with zero attached hydrogens (tertiary/aromatic N) is 2. The van der Waals surface area contributed by atoms with Crippen LogP contribution in [0.2, 0.25) is 0 Å². The number of nitrogens with two attached hydrogens (primary N) is 2. The number of rotatable bonds is 2. The van der Waals surface area contributed by atoms with Gasteiger partial charge in [-0.3, -0.25) is 29.8 Å². The standard InChI is InChI=1S/C14H8N4O6/c15-7-1-2-8(16)12-11(7)13(19)5-3-9(17(21)22)10(18(23)24)4-6(5)14(12)20/h1-4H,15-16H2. The molecule has 2 aromatic rings. The number of benzene rings is 2. The Labute approximate surface area is 133 Å². The summed E-state index contributed by atoms with van der Waals surface area (Å²) in [6, 6.07) is 4.12. The van der Waals surface area contributed by atoms with Crippen molar-refractivity contribution in [3.63, 3.8) is 0 Å². The van der Waals surface area contributed by atoms with Gasteiger partial charge in [-0.05, 0) is 12.1 Å². The molecular weight excluding hydrogens is 320 g/mol. The highest BCUT2D eigenvalue weighted by Crippen LogP contribution is 2.38. The molecule has 0 atom stereocenters. The van der Waals surface area contributed by atoms with Crippen LogP contribution in [0.15, 0.2) is 24.3 Å². The number of hydrogen-bond acceptors (Lipinski definition) is 8. The average molecular weight is 328 g/mol. The van der Waals surface area contributed by atoms with Gasteiger partial charge >= 0.3 is 11.4 Å². The van der Waals surface area contributed by atoms with E-state index >= 15 is 0 Å². The Morgan fingerprint density at radius 2 is 1.08 bits per heavy atom. The third-order valence-corrected chi connectivity index (χ3v) is 3.72. The molecule has 0 fully saturated rings. The molecule has 0 amide bonds. The van der Waals surface area contributed by atoms with Crippen LogP contribution in [0.1, 0.15) is 31.8 Å². The minimum Gasteiger partial charge on any atom is -0.398 e. The van der Waals surface area contributed by atoms with Gasteiger partial charge in [0.2, 0.25) is 0 Å². The van der Waals surface area contributed by atoms with E-state index in [-0.39, 0.29) is 33.6 Å². The predicted molar refractivity (Wildman–Crippen MR) is 81.9 cm³/mol. The number of carbonyl (C=O) groups is 2. The van der Waals surface area contributed by atoms with Crippen molar-refractivity contribution in [2.24, 2.45) is 0 Å². The molecule has 0 heterocycles. The molecule has 10 nitrogen and oxygen atoms in total. The van der Waals surface area contributed by atoms with E-state index in [0.717, 1.165) is 12.1 Å². The van der Waals surface area contributed by atoms with Gasteiger partial charge in [0.05, 0.1) is 21.0 Å². The smallest absolute Gasteiger partial charge is 0.346 e. The topological polar surface area (TPSA) is 172 Å². The van der Waals surface area contributed by atoms with E-state index in [2.05, 4.69) is 0 Å². The maximum absolute atomic E-state index is 12.6. The van der Waals surface area contributed by atoms with Gasteiger partial charge in [0, 0.05) is 34.6 Å². The first-order valence-corrected chi connectivity index (χ1v) is 6.48. The fourth-order valence-electron chi connectivity index (χ4n) is 2.64. The maximum atomic E-state index is 12.6. The zero-order valence-electron chi connectivity index (χ0n) is 11.8. The molecule has 10 heteroatoms. The van der Waals surface area contributed by atoms with Crippen LogP contribution in [0.4, 0.5) is 22.7 Å². The summed E-state index contributed by atoms with van der Waals surface area (Å²) in [7, 11) is 0. The van der Waals surface area contributed by atoms with Gasteiger partial charge in [-0.2, -0.15) is 0 Å². The first-order chi connectivity index (χ1) is 11.2. The Kier molecular flexibility index (Phi) is 3.04. The van der Waals surface area contributed by atoms with Crippen molar-refractivity contribution >= 4 is 34.3 Å². The molecule has 3 rings (SSSR count). The van der Waals surface area contributed by atoms with Gasteiger partial charge in [0.1, 0.15) is 0 Å². The molecule has 1 aliphatic carbocycles. The Bertz CT molecular complexity index is 904. The molecule has 0 spiro atoms. The molecule has 0 aliphatic heterocycles. The van der Waals surface area contributed by atoms with Crippen LogP contribution >= 0.6 is 0 Å². The summed E-state index contributed by atoms with van der Waals surface area (Å²) in [6.07, 6.45) is 0. The molecule has 0 bridgehead atoms. The molecule has 120 valence electrons. The van der Waals surface area contributed by atoms with Crippen molar-refractivity contribution in [2.75, 3.05) is 11.5 Å². The second kappa shape index (κ2) is 4.84. The lowest BCUT2D eigenvalue weighted by atomic mass is 9.82. The number of nitrogen functional groups attached to an aromatic ring is 2. The fourth-order valence-corrected chi connectivity index (χ4v) is 2.64. The monoisotopic (exact) mass is 328 g/mol. The lowest BCUT2D eigenvalue weighted by molar-refractivity contribution is -0.422. The lowest BCUT2D eigenvalue weighted by Gasteiger charge is -2.20. The second-order valence-corrected chi connectivity index (χ2v) is 5.05. The molecule has 0 saturated carbocycles. The van der Waals surface area contributed by atoms with E-state index in [1.54, 1.807) is 0 Å². The number of hydrogen-bond donors (Lipinski definition) is 2. The van der Waals surface area contributed by atoms with Gasteiger partial charge in [-0.25, -0.2) is 0 Å². The Morgan fingerprint density at radius 3 is 1.38 bits per heavy atom. The van der Waals surface area contributed by atoms with E-state index in [9.17, 15) is 29.8 Å². The van der Waals surface area contributed by atoms with Gasteiger partial charge in [0.25, 0.3) is 0 Å². The molecule has 1 aliphatic rings. The molecule has 4 N–H and O–H groups in total. The first-order valence-electron chi connectivity index (χ1n) is 6.48. The third-order valence-electron chi connectivity index (χ3n) is 3.72. The molecule has 24 heavy (non-hydrogen) atoms. The molecule has 0 aromatic heterocycles. The van der Waals surface area contributed by atoms with E-state index in [0.29, 0.717) is 0 Å². The van der Waals surface area contributed by atoms with Crippen molar-refractivity contribution in [3.8, 4) is 0 Å². The van der Waals surface area contributed by atoms with Crippen molar-refractivity contribution in [3.05, 3.63) is 66.7 Å². The minimum absolute atomic E-state index is 0.00999. The molecule has 0 radical (unpaired) electrons. The van der Waals surface area contributed by atoms with Crippen molar-refractivity contribution in [2.45, 2.75) is 0 Å². The van der Waals surface area contributed by atoms with E-state index in [1.165, 1.54) is 12.1 Å². The summed E-state index contributed by atoms with van der Waals surface area (Å²) in [5, 5.41) is 22.1. The van der Waals surface area contributed by atoms with Gasteiger partial charge in [0.15, 0.2) is 11.6 Å². The van der Waals surface area contributed by atoms with E-state index in [4.69, 9.17) is 11.5 Å². The Morgan fingerprint density at radius 1 is 0.750 bits per heavy atom. The number of carbonyl (C=O) groups excluding carboxylic acids is 2. The lowest BCUT2D eigenvalue weighted by Crippen LogP contribution is -2.24. The van der Waals surface area contributed by atoms with E-state index in [1.807, 2.05) is 0 Å². The normalized spacial score (nSPS) is 12.5. The van der Waals surface area contributed by atoms with Crippen molar-refractivity contribution in [1.82, 2.24) is 0 Å². The zero-order chi connectivity index (χ0) is 17.8. The quantitative estimate of drug-likeness (QED) is 0.403. The van der Waals surface area contributed by atoms with E-state index < -0.39 is 32.8 Å². The zero-order valence-corrected chi connectivity index (χ0v) is 11.8. The van der Waals surface area contributed by atoms with Crippen LogP contribution in [0.25, 0.3) is 0 Å². The van der Waals surface area contributed by atoms with Crippen molar-refractivity contribution < 1.29 is 19.4 Å². The van der Waals surface area contributed by atoms with Crippen LogP contribution in [0.5, 0.6) is 0 Å². The summed E-state index contributed by atoms with van der Waals surface area (Å²) in [4.78, 5) is 45.3. The second-order valence-electron chi connectivity index (χ2n) is 5.05. The van der Waals surface area contributed by atoms with Gasteiger partial charge < -0.3 is 11.5 Å². The highest BCUT2D eigenvalue weighted by atomic mass is 16.6. The van der Waals surface area contributed by atoms with Crippen molar-refractivity contribution in [1.29, 1.82) is 0 Å². The first kappa shape index (κ1) is 15.1. The molecular formula is C14H8N4O6. The van der Waals surface area contributed by atoms with Crippen LogP contribution in [-0.4, -0.2) is 21.4 Å². The van der Waals surface area contributed by atoms with Crippen LogP contribution in [-0.2, 0) is 0 Å². The highest BCUT2D eigenvalue weighted by Gasteiger charge is 2.38. The van der Waals surface area contributed by atoms with Crippen LogP contribution < -0.4 is 11.5 Å². The summed E-state index contributed by atoms with van der Waals surface area (Å²) in [5.41, 5.74) is 8.71. The van der Waals surface area contributed by atoms with Crippen LogP contribution in [0, 0.1) is 20.2 Å². The molecule has 2 aromatic carbocycles.